The Morgan fingerprint density at radius 1 is 0.209 bits per heavy atom. The van der Waals surface area contributed by atoms with Gasteiger partial charge in [0.15, 0.2) is 6.10 Å². The highest BCUT2D eigenvalue weighted by atomic mass is 16.6. The quantitative estimate of drug-likeness (QED) is 0.0485. The van der Waals surface area contributed by atoms with Crippen molar-refractivity contribution in [2.75, 3.05) is 13.2 Å². The molecule has 0 aliphatic rings. The normalized spacial score (nSPS) is 12.0. The zero-order valence-corrected chi connectivity index (χ0v) is 62.9. The third kappa shape index (κ3) is 81.2. The SMILES string of the molecule is CCCCCCCCCCCCCCCCCCCCCCCCCCCCCCCCCCCCCCCCCCCC(=O)OC(CO)COC(=O)CCCCCCCCCCCCCCCCCCCCCCCCCCCCCCCCCCCCCC. The highest BCUT2D eigenvalue weighted by molar-refractivity contribution is 5.70. The second-order valence-electron chi connectivity index (χ2n) is 30.0. The van der Waals surface area contributed by atoms with E-state index in [1.165, 1.54) is 462 Å². The van der Waals surface area contributed by atoms with Crippen LogP contribution in [0.25, 0.3) is 0 Å². The van der Waals surface area contributed by atoms with Gasteiger partial charge in [-0.1, -0.05) is 495 Å². The minimum atomic E-state index is -0.767. The van der Waals surface area contributed by atoms with Gasteiger partial charge in [0.1, 0.15) is 6.61 Å². The Bertz CT molecular complexity index is 1320. The summed E-state index contributed by atoms with van der Waals surface area (Å²) in [6.45, 7) is 4.24. The third-order valence-electron chi connectivity index (χ3n) is 20.7. The molecule has 0 saturated carbocycles. The third-order valence-corrected chi connectivity index (χ3v) is 20.7. The summed E-state index contributed by atoms with van der Waals surface area (Å²) in [4.78, 5) is 24.7. The average Bonchev–Trinajstić information content (AvgIpc) is 3.68. The van der Waals surface area contributed by atoms with Crippen molar-refractivity contribution in [2.45, 2.75) is 527 Å². The summed E-state index contributed by atoms with van der Waals surface area (Å²) < 4.78 is 10.8. The van der Waals surface area contributed by atoms with E-state index < -0.39 is 6.10 Å². The molecule has 5 nitrogen and oxygen atoms in total. The second kappa shape index (κ2) is 83.1. The summed E-state index contributed by atoms with van der Waals surface area (Å²) >= 11 is 0. The molecule has 0 amide bonds. The van der Waals surface area contributed by atoms with Gasteiger partial charge in [-0.2, -0.15) is 0 Å². The van der Waals surface area contributed by atoms with Gasteiger partial charge in [0.25, 0.3) is 0 Å². The fourth-order valence-corrected chi connectivity index (χ4v) is 14.2. The van der Waals surface area contributed by atoms with E-state index in [4.69, 9.17) is 9.47 Å². The molecule has 1 N–H and O–H groups in total. The molecule has 0 bridgehead atoms. The molecule has 0 aromatic rings. The van der Waals surface area contributed by atoms with Crippen molar-refractivity contribution in [3.05, 3.63) is 0 Å². The summed E-state index contributed by atoms with van der Waals surface area (Å²) in [7, 11) is 0. The zero-order valence-electron chi connectivity index (χ0n) is 62.9. The van der Waals surface area contributed by atoms with Crippen LogP contribution in [0.5, 0.6) is 0 Å². The second-order valence-corrected chi connectivity index (χ2v) is 30.0. The van der Waals surface area contributed by atoms with Crippen LogP contribution in [0.3, 0.4) is 0 Å². The first kappa shape index (κ1) is 89.9. The maximum absolute atomic E-state index is 12.4. The summed E-state index contributed by atoms with van der Waals surface area (Å²) in [5.74, 6) is -0.554. The lowest BCUT2D eigenvalue weighted by Crippen LogP contribution is -2.28. The van der Waals surface area contributed by atoms with Crippen molar-refractivity contribution in [3.8, 4) is 0 Å². The highest BCUT2D eigenvalue weighted by Crippen LogP contribution is 2.22. The van der Waals surface area contributed by atoms with Crippen LogP contribution in [0, 0.1) is 0 Å². The lowest BCUT2D eigenvalue weighted by Gasteiger charge is -2.15. The van der Waals surface area contributed by atoms with Gasteiger partial charge in [0, 0.05) is 12.8 Å². The van der Waals surface area contributed by atoms with Gasteiger partial charge in [0.2, 0.25) is 0 Å². The molecule has 0 aromatic carbocycles. The molecule has 5 heteroatoms. The van der Waals surface area contributed by atoms with Crippen LogP contribution in [-0.4, -0.2) is 36.4 Å². The number of carbonyl (C=O) groups is 2. The van der Waals surface area contributed by atoms with E-state index in [9.17, 15) is 14.7 Å². The van der Waals surface area contributed by atoms with Gasteiger partial charge in [-0.25, -0.2) is 0 Å². The standard InChI is InChI=1S/C86H170O5/c1-3-5-7-9-11-13-15-17-19-21-23-25-27-29-31-33-35-37-39-41-42-43-44-45-47-49-51-53-55-57-59-61-63-65-67-69-71-73-75-77-79-81-86(89)91-84(82-87)83-90-85(88)80-78-76-74-72-70-68-66-64-62-60-58-56-54-52-50-48-46-40-38-36-34-32-30-28-26-24-22-20-18-16-14-12-10-8-6-4-2/h84,87H,3-83H2,1-2H3. The Labute approximate surface area is 573 Å². The van der Waals surface area contributed by atoms with Crippen molar-refractivity contribution in [1.29, 1.82) is 0 Å². The Hall–Kier alpha value is -1.10. The smallest absolute Gasteiger partial charge is 0.306 e. The highest BCUT2D eigenvalue weighted by Gasteiger charge is 2.16. The Morgan fingerprint density at radius 3 is 0.484 bits per heavy atom. The predicted octanol–water partition coefficient (Wildman–Crippen LogP) is 30.3. The number of esters is 2. The van der Waals surface area contributed by atoms with Crippen LogP contribution in [-0.2, 0) is 19.1 Å². The molecule has 91 heavy (non-hydrogen) atoms. The number of hydrogen-bond acceptors (Lipinski definition) is 5. The van der Waals surface area contributed by atoms with Gasteiger partial charge in [-0.3, -0.25) is 9.59 Å². The summed E-state index contributed by atoms with van der Waals surface area (Å²) in [5, 5.41) is 9.74. The molecular weight excluding hydrogens is 1110 g/mol. The maximum atomic E-state index is 12.4. The van der Waals surface area contributed by atoms with Crippen molar-refractivity contribution in [3.63, 3.8) is 0 Å². The Morgan fingerprint density at radius 2 is 0.341 bits per heavy atom. The van der Waals surface area contributed by atoms with E-state index in [0.717, 1.165) is 32.1 Å². The summed E-state index contributed by atoms with van der Waals surface area (Å²) in [6, 6.07) is 0. The monoisotopic (exact) mass is 1280 g/mol. The van der Waals surface area contributed by atoms with Crippen LogP contribution in [0.15, 0.2) is 0 Å². The molecule has 0 rings (SSSR count). The zero-order chi connectivity index (χ0) is 65.4. The molecule has 0 fully saturated rings. The largest absolute Gasteiger partial charge is 0.462 e. The first-order chi connectivity index (χ1) is 45.1. The van der Waals surface area contributed by atoms with Crippen molar-refractivity contribution in [2.24, 2.45) is 0 Å². The molecule has 0 aliphatic carbocycles. The fourth-order valence-electron chi connectivity index (χ4n) is 14.2. The van der Waals surface area contributed by atoms with Crippen molar-refractivity contribution in [1.82, 2.24) is 0 Å². The van der Waals surface area contributed by atoms with E-state index in [0.29, 0.717) is 12.8 Å². The lowest BCUT2D eigenvalue weighted by atomic mass is 10.0. The summed E-state index contributed by atoms with van der Waals surface area (Å²) in [6.07, 6.45) is 108. The number of rotatable bonds is 83. The van der Waals surface area contributed by atoms with Crippen LogP contribution in [0.1, 0.15) is 521 Å². The Kier molecular flexibility index (Phi) is 82.1. The van der Waals surface area contributed by atoms with Crippen molar-refractivity contribution >= 4 is 11.9 Å². The molecule has 0 heterocycles. The van der Waals surface area contributed by atoms with Crippen LogP contribution < -0.4 is 0 Å². The molecule has 1 atom stereocenters. The molecule has 0 spiro atoms. The van der Waals surface area contributed by atoms with E-state index in [2.05, 4.69) is 13.8 Å². The van der Waals surface area contributed by atoms with Gasteiger partial charge in [-0.05, 0) is 12.8 Å². The van der Waals surface area contributed by atoms with Crippen LogP contribution in [0.4, 0.5) is 0 Å². The van der Waals surface area contributed by atoms with E-state index in [-0.39, 0.29) is 25.2 Å². The molecule has 0 aliphatic heterocycles. The van der Waals surface area contributed by atoms with Gasteiger partial charge < -0.3 is 14.6 Å². The number of unbranched alkanes of at least 4 members (excludes halogenated alkanes) is 75. The molecule has 544 valence electrons. The topological polar surface area (TPSA) is 72.8 Å². The first-order valence-corrected chi connectivity index (χ1v) is 43.1. The lowest BCUT2D eigenvalue weighted by molar-refractivity contribution is -0.161. The van der Waals surface area contributed by atoms with E-state index in [1.807, 2.05) is 0 Å². The number of carbonyl (C=O) groups excluding carboxylic acids is 2. The first-order valence-electron chi connectivity index (χ1n) is 43.1. The van der Waals surface area contributed by atoms with Gasteiger partial charge >= 0.3 is 11.9 Å². The Balaban J connectivity index is 3.31. The van der Waals surface area contributed by atoms with Crippen LogP contribution >= 0.6 is 0 Å². The fraction of sp³-hybridized carbons (Fsp3) is 0.977. The van der Waals surface area contributed by atoms with E-state index in [1.54, 1.807) is 0 Å². The molecule has 1 unspecified atom stereocenters. The van der Waals surface area contributed by atoms with Gasteiger partial charge in [0.05, 0.1) is 6.61 Å². The molecule has 0 saturated heterocycles. The van der Waals surface area contributed by atoms with Crippen LogP contribution in [0.2, 0.25) is 0 Å². The van der Waals surface area contributed by atoms with Crippen molar-refractivity contribution < 1.29 is 24.2 Å². The minimum Gasteiger partial charge on any atom is -0.462 e. The number of ether oxygens (including phenoxy) is 2. The predicted molar refractivity (Wildman–Crippen MR) is 404 cm³/mol. The average molecular weight is 1280 g/mol. The molecule has 0 aromatic heterocycles. The van der Waals surface area contributed by atoms with E-state index >= 15 is 0 Å². The summed E-state index contributed by atoms with van der Waals surface area (Å²) in [5.41, 5.74) is 0. The number of hydrogen-bond donors (Lipinski definition) is 1. The maximum Gasteiger partial charge on any atom is 0.306 e. The van der Waals surface area contributed by atoms with Gasteiger partial charge in [-0.15, -0.1) is 0 Å². The number of aliphatic hydroxyl groups is 1. The molecular formula is C86H170O5. The minimum absolute atomic E-state index is 0.0550. The number of aliphatic hydroxyl groups excluding tert-OH is 1. The molecule has 0 radical (unpaired) electrons.